The summed E-state index contributed by atoms with van der Waals surface area (Å²) in [5.41, 5.74) is 1.09. The maximum Gasteiger partial charge on any atom is 0.337 e. The lowest BCUT2D eigenvalue weighted by Gasteiger charge is -2.28. The van der Waals surface area contributed by atoms with Gasteiger partial charge in [-0.1, -0.05) is 24.3 Å². The van der Waals surface area contributed by atoms with E-state index in [1.165, 1.54) is 6.07 Å². The van der Waals surface area contributed by atoms with E-state index in [0.29, 0.717) is 11.5 Å². The van der Waals surface area contributed by atoms with Crippen LogP contribution in [0.25, 0.3) is 0 Å². The average Bonchev–Trinajstić information content (AvgIpc) is 2.88. The molecule has 1 aliphatic carbocycles. The fourth-order valence-corrected chi connectivity index (χ4v) is 4.19. The van der Waals surface area contributed by atoms with Gasteiger partial charge >= 0.3 is 5.97 Å². The fourth-order valence-electron chi connectivity index (χ4n) is 4.19. The predicted octanol–water partition coefficient (Wildman–Crippen LogP) is 4.79. The van der Waals surface area contributed by atoms with Gasteiger partial charge in [0.25, 0.3) is 0 Å². The number of rotatable bonds is 10. The maximum absolute atomic E-state index is 12.4. The Kier molecular flexibility index (Phi) is 8.18. The number of carbonyl (C=O) groups is 3. The summed E-state index contributed by atoms with van der Waals surface area (Å²) in [6, 6.07) is 21.1. The summed E-state index contributed by atoms with van der Waals surface area (Å²) in [5.74, 6) is 0.672. The Bertz CT molecular complexity index is 1190. The number of benzene rings is 3. The second-order valence-electron chi connectivity index (χ2n) is 8.67. The molecule has 0 aromatic heterocycles. The van der Waals surface area contributed by atoms with E-state index in [0.717, 1.165) is 43.4 Å². The van der Waals surface area contributed by atoms with Crippen LogP contribution in [0.4, 0.5) is 5.69 Å². The average molecular weight is 489 g/mol. The summed E-state index contributed by atoms with van der Waals surface area (Å²) < 4.78 is 12.0. The second kappa shape index (κ2) is 11.9. The lowest BCUT2D eigenvalue weighted by atomic mass is 9.93. The minimum absolute atomic E-state index is 0.0466. The molecule has 0 heterocycles. The van der Waals surface area contributed by atoms with Crippen molar-refractivity contribution in [3.8, 4) is 17.2 Å². The van der Waals surface area contributed by atoms with Crippen molar-refractivity contribution in [1.29, 1.82) is 0 Å². The molecule has 0 saturated heterocycles. The molecule has 186 valence electrons. The van der Waals surface area contributed by atoms with Crippen molar-refractivity contribution in [2.45, 2.75) is 44.2 Å². The van der Waals surface area contributed by atoms with Crippen molar-refractivity contribution in [1.82, 2.24) is 5.32 Å². The Morgan fingerprint density at radius 3 is 2.11 bits per heavy atom. The van der Waals surface area contributed by atoms with Crippen molar-refractivity contribution in [3.63, 3.8) is 0 Å². The third-order valence-electron chi connectivity index (χ3n) is 6.06. The third-order valence-corrected chi connectivity index (χ3v) is 6.06. The van der Waals surface area contributed by atoms with Crippen LogP contribution in [0.5, 0.6) is 17.2 Å². The van der Waals surface area contributed by atoms with E-state index in [2.05, 4.69) is 10.6 Å². The Hall–Kier alpha value is -4.33. The molecule has 1 aliphatic rings. The number of para-hydroxylation sites is 1. The van der Waals surface area contributed by atoms with E-state index < -0.39 is 5.97 Å². The summed E-state index contributed by atoms with van der Waals surface area (Å²) in [4.78, 5) is 34.3. The van der Waals surface area contributed by atoms with E-state index in [4.69, 9.17) is 9.47 Å². The largest absolute Gasteiger partial charge is 0.490 e. The number of hydrogen-bond acceptors (Lipinski definition) is 5. The van der Waals surface area contributed by atoms with Crippen LogP contribution < -0.4 is 20.1 Å². The van der Waals surface area contributed by atoms with Gasteiger partial charge in [0, 0.05) is 6.04 Å². The first kappa shape index (κ1) is 24.8. The molecule has 3 aromatic carbocycles. The Morgan fingerprint density at radius 2 is 1.47 bits per heavy atom. The summed E-state index contributed by atoms with van der Waals surface area (Å²) in [5, 5.41) is 14.7. The lowest BCUT2D eigenvalue weighted by Crippen LogP contribution is -2.35. The number of carboxylic acid groups (broad SMARTS) is 1. The number of anilines is 1. The van der Waals surface area contributed by atoms with Crippen LogP contribution in [0.1, 0.15) is 41.6 Å². The first-order valence-electron chi connectivity index (χ1n) is 11.9. The van der Waals surface area contributed by atoms with Gasteiger partial charge in [-0.3, -0.25) is 9.59 Å². The van der Waals surface area contributed by atoms with Crippen molar-refractivity contribution < 1.29 is 29.0 Å². The standard InChI is InChI=1S/C28H28N2O6/c31-18-29-20-7-11-22(12-8-20)36-24-15-13-23(14-16-24)35-21-9-5-19(6-10-21)17-27(32)30-26-4-2-1-3-25(26)28(33)34/h1-6,9-10,13-16,18,20,22H,7-8,11-12,17H2,(H,29,31)(H,30,32)(H,33,34). The Labute approximate surface area is 209 Å². The van der Waals surface area contributed by atoms with E-state index >= 15 is 0 Å². The topological polar surface area (TPSA) is 114 Å². The van der Waals surface area contributed by atoms with E-state index in [1.807, 2.05) is 24.3 Å². The summed E-state index contributed by atoms with van der Waals surface area (Å²) >= 11 is 0. The zero-order valence-electron chi connectivity index (χ0n) is 19.7. The van der Waals surface area contributed by atoms with Gasteiger partial charge in [-0.15, -0.1) is 0 Å². The summed E-state index contributed by atoms with van der Waals surface area (Å²) in [7, 11) is 0. The van der Waals surface area contributed by atoms with Crippen molar-refractivity contribution in [2.24, 2.45) is 0 Å². The molecule has 0 unspecified atom stereocenters. The first-order chi connectivity index (χ1) is 17.5. The number of aromatic carboxylic acids is 1. The zero-order valence-corrected chi connectivity index (χ0v) is 19.7. The summed E-state index contributed by atoms with van der Waals surface area (Å²) in [6.07, 6.45) is 4.65. The predicted molar refractivity (Wildman–Crippen MR) is 135 cm³/mol. The van der Waals surface area contributed by atoms with E-state index in [1.54, 1.807) is 42.5 Å². The molecule has 2 amide bonds. The molecule has 1 saturated carbocycles. The van der Waals surface area contributed by atoms with Gasteiger partial charge in [0.05, 0.1) is 23.8 Å². The number of amides is 2. The molecule has 0 radical (unpaired) electrons. The normalized spacial score (nSPS) is 17.0. The van der Waals surface area contributed by atoms with E-state index in [9.17, 15) is 19.5 Å². The molecule has 0 atom stereocenters. The molecule has 4 rings (SSSR count). The number of ether oxygens (including phenoxy) is 2. The number of carbonyl (C=O) groups excluding carboxylic acids is 2. The van der Waals surface area contributed by atoms with Crippen molar-refractivity contribution in [2.75, 3.05) is 5.32 Å². The minimum atomic E-state index is -1.09. The molecule has 36 heavy (non-hydrogen) atoms. The van der Waals surface area contributed by atoms with Crippen molar-refractivity contribution >= 4 is 24.0 Å². The number of carboxylic acids is 1. The van der Waals surface area contributed by atoms with Gasteiger partial charge in [0.1, 0.15) is 17.2 Å². The maximum atomic E-state index is 12.4. The highest BCUT2D eigenvalue weighted by atomic mass is 16.5. The van der Waals surface area contributed by atoms with Gasteiger partial charge in [0.15, 0.2) is 0 Å². The highest BCUT2D eigenvalue weighted by Crippen LogP contribution is 2.27. The van der Waals surface area contributed by atoms with Gasteiger partial charge in [-0.25, -0.2) is 4.79 Å². The highest BCUT2D eigenvalue weighted by molar-refractivity contribution is 6.01. The SMILES string of the molecule is O=CNC1CCC(Oc2ccc(Oc3ccc(CC(=O)Nc4ccccc4C(=O)O)cc3)cc2)CC1. The van der Waals surface area contributed by atoms with Gasteiger partial charge in [-0.2, -0.15) is 0 Å². The van der Waals surface area contributed by atoms with Crippen LogP contribution in [-0.4, -0.2) is 35.5 Å². The lowest BCUT2D eigenvalue weighted by molar-refractivity contribution is -0.115. The number of hydrogen-bond donors (Lipinski definition) is 3. The minimum Gasteiger partial charge on any atom is -0.490 e. The molecule has 8 heteroatoms. The second-order valence-corrected chi connectivity index (χ2v) is 8.67. The zero-order chi connectivity index (χ0) is 25.3. The molecular weight excluding hydrogens is 460 g/mol. The van der Waals surface area contributed by atoms with Crippen LogP contribution in [0, 0.1) is 0 Å². The molecule has 0 aliphatic heterocycles. The quantitative estimate of drug-likeness (QED) is 0.354. The van der Waals surface area contributed by atoms with Crippen LogP contribution in [0.3, 0.4) is 0 Å². The van der Waals surface area contributed by atoms with Gasteiger partial charge in [0.2, 0.25) is 12.3 Å². The molecule has 3 N–H and O–H groups in total. The van der Waals surface area contributed by atoms with Crippen molar-refractivity contribution in [3.05, 3.63) is 83.9 Å². The molecule has 0 spiro atoms. The third kappa shape index (κ3) is 6.85. The van der Waals surface area contributed by atoms with Crippen LogP contribution >= 0.6 is 0 Å². The molecule has 8 nitrogen and oxygen atoms in total. The van der Waals surface area contributed by atoms with E-state index in [-0.39, 0.29) is 35.7 Å². The first-order valence-corrected chi connectivity index (χ1v) is 11.9. The van der Waals surface area contributed by atoms with Crippen LogP contribution in [0.2, 0.25) is 0 Å². The monoisotopic (exact) mass is 488 g/mol. The Balaban J connectivity index is 1.26. The molecule has 0 bridgehead atoms. The van der Waals surface area contributed by atoms with Gasteiger partial charge < -0.3 is 25.2 Å². The van der Waals surface area contributed by atoms with Gasteiger partial charge in [-0.05, 0) is 79.8 Å². The number of nitrogens with one attached hydrogen (secondary N) is 2. The fraction of sp³-hybridized carbons (Fsp3) is 0.250. The smallest absolute Gasteiger partial charge is 0.337 e. The molecule has 3 aromatic rings. The van der Waals surface area contributed by atoms with Crippen LogP contribution in [0.15, 0.2) is 72.8 Å². The Morgan fingerprint density at radius 1 is 0.861 bits per heavy atom. The highest BCUT2D eigenvalue weighted by Gasteiger charge is 2.22. The van der Waals surface area contributed by atoms with Crippen LogP contribution in [-0.2, 0) is 16.0 Å². The summed E-state index contributed by atoms with van der Waals surface area (Å²) in [6.45, 7) is 0. The molecular formula is C28H28N2O6. The molecule has 1 fully saturated rings.